The third kappa shape index (κ3) is 3.73. The number of benzene rings is 2. The number of carbonyl (C=O) groups excluding carboxylic acids is 2. The van der Waals surface area contributed by atoms with Gasteiger partial charge in [0, 0.05) is 25.2 Å². The zero-order valence-corrected chi connectivity index (χ0v) is 19.8. The van der Waals surface area contributed by atoms with E-state index in [-0.39, 0.29) is 23.9 Å². The molecule has 32 heavy (non-hydrogen) atoms. The van der Waals surface area contributed by atoms with Crippen molar-refractivity contribution in [1.29, 1.82) is 0 Å². The van der Waals surface area contributed by atoms with E-state index < -0.39 is 0 Å². The van der Waals surface area contributed by atoms with Crippen LogP contribution in [0, 0.1) is 11.8 Å². The SMILES string of the molecule is CC(=O)N1CCc2ccccc2[C@@H]1CC(=O)N(C)[C@H](c1csc2ccccc12)[C@@H]1C[C@@H]1C. The van der Waals surface area contributed by atoms with Crippen LogP contribution in [0.2, 0.25) is 0 Å². The highest BCUT2D eigenvalue weighted by Gasteiger charge is 2.44. The normalized spacial score (nSPS) is 23.0. The van der Waals surface area contributed by atoms with E-state index in [2.05, 4.69) is 48.7 Å². The molecule has 5 rings (SSSR count). The number of carbonyl (C=O) groups is 2. The Kier molecular flexibility index (Phi) is 5.54. The molecule has 4 atom stereocenters. The van der Waals surface area contributed by atoms with E-state index in [1.165, 1.54) is 21.2 Å². The maximum Gasteiger partial charge on any atom is 0.225 e. The predicted molar refractivity (Wildman–Crippen MR) is 129 cm³/mol. The first-order valence-electron chi connectivity index (χ1n) is 11.5. The fourth-order valence-electron chi connectivity index (χ4n) is 5.46. The standard InChI is InChI=1S/C27H30N2O2S/c1-17-14-22(17)27(23-16-32-25-11-7-6-10-21(23)25)28(3)26(31)15-24-20-9-5-4-8-19(20)12-13-29(24)18(2)30/h4-11,16-17,22,24,27H,12-15H2,1-3H3/t17-,22+,24-,27-/m0/s1. The molecule has 1 fully saturated rings. The summed E-state index contributed by atoms with van der Waals surface area (Å²) in [5, 5.41) is 3.50. The van der Waals surface area contributed by atoms with Crippen LogP contribution in [0.3, 0.4) is 0 Å². The molecule has 2 aromatic carbocycles. The largest absolute Gasteiger partial charge is 0.338 e. The summed E-state index contributed by atoms with van der Waals surface area (Å²) >= 11 is 1.76. The van der Waals surface area contributed by atoms with Gasteiger partial charge >= 0.3 is 0 Å². The number of hydrogen-bond donors (Lipinski definition) is 0. The Balaban J connectivity index is 1.45. The van der Waals surface area contributed by atoms with Crippen LogP contribution >= 0.6 is 11.3 Å². The summed E-state index contributed by atoms with van der Waals surface area (Å²) in [5.74, 6) is 1.26. The summed E-state index contributed by atoms with van der Waals surface area (Å²) in [6.07, 6.45) is 2.32. The number of amides is 2. The summed E-state index contributed by atoms with van der Waals surface area (Å²) in [6, 6.07) is 16.6. The molecule has 166 valence electrons. The van der Waals surface area contributed by atoms with Gasteiger partial charge in [-0.3, -0.25) is 9.59 Å². The minimum Gasteiger partial charge on any atom is -0.338 e. The third-order valence-electron chi connectivity index (χ3n) is 7.40. The second-order valence-corrected chi connectivity index (χ2v) is 10.3. The van der Waals surface area contributed by atoms with Gasteiger partial charge in [-0.15, -0.1) is 11.3 Å². The summed E-state index contributed by atoms with van der Waals surface area (Å²) in [7, 11) is 1.96. The lowest BCUT2D eigenvalue weighted by Gasteiger charge is -2.38. The highest BCUT2D eigenvalue weighted by molar-refractivity contribution is 7.17. The average Bonchev–Trinajstić information content (AvgIpc) is 3.36. The van der Waals surface area contributed by atoms with Gasteiger partial charge in [-0.05, 0) is 58.2 Å². The second kappa shape index (κ2) is 8.36. The number of hydrogen-bond acceptors (Lipinski definition) is 3. The van der Waals surface area contributed by atoms with Crippen LogP contribution in [0.25, 0.3) is 10.1 Å². The van der Waals surface area contributed by atoms with Crippen molar-refractivity contribution in [3.8, 4) is 0 Å². The monoisotopic (exact) mass is 446 g/mol. The summed E-state index contributed by atoms with van der Waals surface area (Å²) in [6.45, 7) is 4.56. The molecule has 2 aliphatic rings. The zero-order chi connectivity index (χ0) is 22.4. The number of rotatable bonds is 5. The van der Waals surface area contributed by atoms with Crippen LogP contribution in [-0.2, 0) is 16.0 Å². The Labute approximate surface area is 193 Å². The first kappa shape index (κ1) is 21.2. The lowest BCUT2D eigenvalue weighted by molar-refractivity contribution is -0.137. The Hall–Kier alpha value is -2.66. The molecule has 0 saturated heterocycles. The van der Waals surface area contributed by atoms with Gasteiger partial charge in [0.15, 0.2) is 0 Å². The van der Waals surface area contributed by atoms with Gasteiger partial charge in [0.2, 0.25) is 11.8 Å². The Bertz CT molecular complexity index is 1170. The molecule has 2 heterocycles. The van der Waals surface area contributed by atoms with Crippen molar-refractivity contribution in [1.82, 2.24) is 9.80 Å². The van der Waals surface area contributed by atoms with Gasteiger partial charge in [0.1, 0.15) is 0 Å². The molecule has 0 bridgehead atoms. The molecule has 3 aromatic rings. The van der Waals surface area contributed by atoms with Gasteiger partial charge in [0.25, 0.3) is 0 Å². The van der Waals surface area contributed by atoms with Crippen molar-refractivity contribution < 1.29 is 9.59 Å². The molecule has 5 heteroatoms. The van der Waals surface area contributed by atoms with Crippen LogP contribution in [0.15, 0.2) is 53.9 Å². The van der Waals surface area contributed by atoms with Gasteiger partial charge in [0.05, 0.1) is 18.5 Å². The number of thiophene rings is 1. The predicted octanol–water partition coefficient (Wildman–Crippen LogP) is 5.59. The highest BCUT2D eigenvalue weighted by Crippen LogP contribution is 2.51. The molecular formula is C27H30N2O2S. The van der Waals surface area contributed by atoms with E-state index in [1.54, 1.807) is 18.3 Å². The molecule has 1 aromatic heterocycles. The lowest BCUT2D eigenvalue weighted by atomic mass is 9.90. The molecule has 0 N–H and O–H groups in total. The van der Waals surface area contributed by atoms with E-state index in [0.717, 1.165) is 18.4 Å². The Morgan fingerprint density at radius 3 is 2.62 bits per heavy atom. The van der Waals surface area contributed by atoms with Crippen LogP contribution < -0.4 is 0 Å². The Morgan fingerprint density at radius 1 is 1.16 bits per heavy atom. The maximum atomic E-state index is 13.7. The van der Waals surface area contributed by atoms with Gasteiger partial charge < -0.3 is 9.80 Å². The quantitative estimate of drug-likeness (QED) is 0.512. The first-order valence-corrected chi connectivity index (χ1v) is 12.4. The van der Waals surface area contributed by atoms with Crippen molar-refractivity contribution in [3.05, 3.63) is 70.6 Å². The van der Waals surface area contributed by atoms with Crippen LogP contribution in [-0.4, -0.2) is 35.2 Å². The zero-order valence-electron chi connectivity index (χ0n) is 19.0. The minimum atomic E-state index is -0.191. The van der Waals surface area contributed by atoms with E-state index >= 15 is 0 Å². The molecule has 4 nitrogen and oxygen atoms in total. The summed E-state index contributed by atoms with van der Waals surface area (Å²) in [4.78, 5) is 29.9. The lowest BCUT2D eigenvalue weighted by Crippen LogP contribution is -2.42. The number of nitrogens with zero attached hydrogens (tertiary/aromatic N) is 2. The van der Waals surface area contributed by atoms with E-state index in [4.69, 9.17) is 0 Å². The van der Waals surface area contributed by atoms with Crippen molar-refractivity contribution in [3.63, 3.8) is 0 Å². The van der Waals surface area contributed by atoms with Crippen molar-refractivity contribution in [2.24, 2.45) is 11.8 Å². The number of fused-ring (bicyclic) bond motifs is 2. The molecule has 2 amide bonds. The van der Waals surface area contributed by atoms with Gasteiger partial charge in [-0.1, -0.05) is 49.4 Å². The van der Waals surface area contributed by atoms with Crippen LogP contribution in [0.1, 0.15) is 55.5 Å². The Morgan fingerprint density at radius 2 is 1.88 bits per heavy atom. The van der Waals surface area contributed by atoms with Gasteiger partial charge in [-0.2, -0.15) is 0 Å². The summed E-state index contributed by atoms with van der Waals surface area (Å²) < 4.78 is 1.27. The fraction of sp³-hybridized carbons (Fsp3) is 0.407. The molecule has 1 aliphatic carbocycles. The van der Waals surface area contributed by atoms with Crippen molar-refractivity contribution in [2.75, 3.05) is 13.6 Å². The first-order chi connectivity index (χ1) is 15.5. The fourth-order valence-corrected chi connectivity index (χ4v) is 6.45. The van der Waals surface area contributed by atoms with Crippen LogP contribution in [0.4, 0.5) is 0 Å². The van der Waals surface area contributed by atoms with E-state index in [1.807, 2.05) is 29.0 Å². The molecule has 0 unspecified atom stereocenters. The third-order valence-corrected chi connectivity index (χ3v) is 8.38. The second-order valence-electron chi connectivity index (χ2n) is 9.39. The van der Waals surface area contributed by atoms with Gasteiger partial charge in [-0.25, -0.2) is 0 Å². The maximum absolute atomic E-state index is 13.7. The smallest absolute Gasteiger partial charge is 0.225 e. The summed E-state index contributed by atoms with van der Waals surface area (Å²) in [5.41, 5.74) is 3.64. The molecular weight excluding hydrogens is 416 g/mol. The molecule has 1 aliphatic heterocycles. The van der Waals surface area contributed by atoms with Crippen LogP contribution in [0.5, 0.6) is 0 Å². The molecule has 0 radical (unpaired) electrons. The molecule has 1 saturated carbocycles. The van der Waals surface area contributed by atoms with Crippen molar-refractivity contribution in [2.45, 2.75) is 45.2 Å². The van der Waals surface area contributed by atoms with Crippen molar-refractivity contribution >= 4 is 33.2 Å². The topological polar surface area (TPSA) is 40.6 Å². The highest BCUT2D eigenvalue weighted by atomic mass is 32.1. The molecule has 0 spiro atoms. The van der Waals surface area contributed by atoms with E-state index in [9.17, 15) is 9.59 Å². The minimum absolute atomic E-state index is 0.0381. The van der Waals surface area contributed by atoms with E-state index in [0.29, 0.717) is 24.8 Å². The average molecular weight is 447 g/mol.